The van der Waals surface area contributed by atoms with Crippen LogP contribution in [0.15, 0.2) is 29.3 Å². The third-order valence-corrected chi connectivity index (χ3v) is 6.74. The van der Waals surface area contributed by atoms with E-state index in [-0.39, 0.29) is 43.9 Å². The van der Waals surface area contributed by atoms with Gasteiger partial charge in [-0.05, 0) is 18.6 Å². The highest BCUT2D eigenvalue weighted by atomic mass is 19.4. The van der Waals surface area contributed by atoms with Crippen LogP contribution in [0.1, 0.15) is 24.0 Å². The van der Waals surface area contributed by atoms with Gasteiger partial charge in [0.25, 0.3) is 5.56 Å². The lowest BCUT2D eigenvalue weighted by Gasteiger charge is -2.35. The number of nitriles is 1. The van der Waals surface area contributed by atoms with E-state index in [9.17, 15) is 22.8 Å². The molecule has 2 aliphatic heterocycles. The first-order valence-electron chi connectivity index (χ1n) is 12.1. The molecule has 11 nitrogen and oxygen atoms in total. The van der Waals surface area contributed by atoms with Crippen molar-refractivity contribution in [2.75, 3.05) is 62.8 Å². The van der Waals surface area contributed by atoms with Gasteiger partial charge in [-0.1, -0.05) is 0 Å². The number of nitrogens with zero attached hydrogens (tertiary/aromatic N) is 6. The molecule has 38 heavy (non-hydrogen) atoms. The normalized spacial score (nSPS) is 20.0. The van der Waals surface area contributed by atoms with Crippen LogP contribution in [0.4, 0.5) is 24.7 Å². The van der Waals surface area contributed by atoms with Crippen molar-refractivity contribution in [2.24, 2.45) is 0 Å². The lowest BCUT2D eigenvalue weighted by Crippen LogP contribution is -2.49. The van der Waals surface area contributed by atoms with E-state index < -0.39 is 23.3 Å². The minimum Gasteiger partial charge on any atom is -0.380 e. The smallest absolute Gasteiger partial charge is 0.380 e. The van der Waals surface area contributed by atoms with E-state index in [0.717, 1.165) is 12.0 Å². The van der Waals surface area contributed by atoms with Crippen LogP contribution >= 0.6 is 0 Å². The number of pyridine rings is 1. The monoisotopic (exact) mass is 535 g/mol. The second kappa shape index (κ2) is 11.8. The molecule has 1 N–H and O–H groups in total. The van der Waals surface area contributed by atoms with E-state index in [2.05, 4.69) is 10.1 Å². The Morgan fingerprint density at radius 1 is 1.24 bits per heavy atom. The molecule has 2 fully saturated rings. The summed E-state index contributed by atoms with van der Waals surface area (Å²) in [6.07, 6.45) is -2.15. The molecule has 2 aromatic heterocycles. The number of hydrogen-bond donors (Lipinski definition) is 1. The lowest BCUT2D eigenvalue weighted by molar-refractivity contribution is -0.138. The molecule has 0 unspecified atom stereocenters. The largest absolute Gasteiger partial charge is 0.423 e. The standard InChI is InChI=1S/C24H28F3N7O4/c1-37-18-10-17(34(14-18)19-13-30-31-23(36)22(19)24(25,26)27)15-38-9-4-21(35)33-7-5-32(6-8-33)20-3-2-16(11-28)12-29-20/h2-3,12-13,17-18H,4-10,14-15H2,1H3,(H,31,36)/t17-,18-/m0/s1. The first-order valence-corrected chi connectivity index (χ1v) is 12.1. The van der Waals surface area contributed by atoms with Gasteiger partial charge in [0.2, 0.25) is 5.91 Å². The van der Waals surface area contributed by atoms with Crippen LogP contribution < -0.4 is 15.4 Å². The van der Waals surface area contributed by atoms with E-state index in [1.165, 1.54) is 18.2 Å². The number of halogens is 3. The molecule has 2 atom stereocenters. The number of rotatable bonds is 8. The molecular weight excluding hydrogens is 507 g/mol. The van der Waals surface area contributed by atoms with Crippen LogP contribution in [0.3, 0.4) is 0 Å². The summed E-state index contributed by atoms with van der Waals surface area (Å²) in [6, 6.07) is 5.03. The van der Waals surface area contributed by atoms with Gasteiger partial charge < -0.3 is 24.2 Å². The van der Waals surface area contributed by atoms with Gasteiger partial charge in [0.05, 0.1) is 49.2 Å². The Labute approximate surface area is 216 Å². The molecule has 0 spiro atoms. The molecule has 2 aromatic rings. The maximum absolute atomic E-state index is 13.6. The number of carbonyl (C=O) groups excluding carboxylic acids is 1. The zero-order chi connectivity index (χ0) is 27.3. The minimum absolute atomic E-state index is 0.0649. The van der Waals surface area contributed by atoms with Gasteiger partial charge in [-0.3, -0.25) is 9.59 Å². The molecule has 1 amide bonds. The summed E-state index contributed by atoms with van der Waals surface area (Å²) in [5, 5.41) is 14.3. The summed E-state index contributed by atoms with van der Waals surface area (Å²) in [4.78, 5) is 34.1. The molecular formula is C24H28F3N7O4. The molecule has 0 aliphatic carbocycles. The fourth-order valence-corrected chi connectivity index (χ4v) is 4.74. The molecule has 0 saturated carbocycles. The van der Waals surface area contributed by atoms with Gasteiger partial charge in [-0.15, -0.1) is 0 Å². The Bertz CT molecular complexity index is 1210. The van der Waals surface area contributed by atoms with Gasteiger partial charge in [-0.2, -0.15) is 23.5 Å². The second-order valence-electron chi connectivity index (χ2n) is 9.07. The maximum atomic E-state index is 13.6. The van der Waals surface area contributed by atoms with E-state index in [0.29, 0.717) is 38.2 Å². The fraction of sp³-hybridized carbons (Fsp3) is 0.542. The molecule has 4 rings (SSSR count). The average molecular weight is 536 g/mol. The summed E-state index contributed by atoms with van der Waals surface area (Å²) in [7, 11) is 1.47. The maximum Gasteiger partial charge on any atom is 0.423 e. The molecule has 2 saturated heterocycles. The van der Waals surface area contributed by atoms with Crippen LogP contribution in [0.2, 0.25) is 0 Å². The van der Waals surface area contributed by atoms with Crippen LogP contribution in [0, 0.1) is 11.3 Å². The number of carbonyl (C=O) groups is 1. The third kappa shape index (κ3) is 6.22. The Balaban J connectivity index is 1.28. The summed E-state index contributed by atoms with van der Waals surface area (Å²) >= 11 is 0. The lowest BCUT2D eigenvalue weighted by atomic mass is 10.2. The molecule has 2 aliphatic rings. The molecule has 14 heteroatoms. The van der Waals surface area contributed by atoms with E-state index >= 15 is 0 Å². The molecule has 4 heterocycles. The number of H-pyrrole nitrogens is 1. The highest BCUT2D eigenvalue weighted by Gasteiger charge is 2.42. The quantitative estimate of drug-likeness (QED) is 0.499. The van der Waals surface area contributed by atoms with Gasteiger partial charge in [-0.25, -0.2) is 10.1 Å². The first-order chi connectivity index (χ1) is 18.2. The molecule has 204 valence electrons. The van der Waals surface area contributed by atoms with Crippen molar-refractivity contribution >= 4 is 17.4 Å². The average Bonchev–Trinajstić information content (AvgIpc) is 3.33. The number of aromatic amines is 1. The second-order valence-corrected chi connectivity index (χ2v) is 9.07. The number of piperazine rings is 1. The summed E-state index contributed by atoms with van der Waals surface area (Å²) in [5.74, 6) is 0.674. The molecule has 0 radical (unpaired) electrons. The minimum atomic E-state index is -4.85. The van der Waals surface area contributed by atoms with Crippen LogP contribution in [-0.4, -0.2) is 91.2 Å². The Morgan fingerprint density at radius 3 is 2.63 bits per heavy atom. The van der Waals surface area contributed by atoms with Crippen LogP contribution in [0.5, 0.6) is 0 Å². The van der Waals surface area contributed by atoms with Gasteiger partial charge in [0.15, 0.2) is 0 Å². The summed E-state index contributed by atoms with van der Waals surface area (Å²) < 4.78 is 51.9. The number of anilines is 2. The van der Waals surface area contributed by atoms with Crippen molar-refractivity contribution in [3.05, 3.63) is 46.0 Å². The topological polar surface area (TPSA) is 128 Å². The highest BCUT2D eigenvalue weighted by Crippen LogP contribution is 2.36. The Morgan fingerprint density at radius 2 is 2.00 bits per heavy atom. The van der Waals surface area contributed by atoms with Crippen molar-refractivity contribution in [1.82, 2.24) is 20.1 Å². The fourth-order valence-electron chi connectivity index (χ4n) is 4.74. The highest BCUT2D eigenvalue weighted by molar-refractivity contribution is 5.76. The number of ether oxygens (including phenoxy) is 2. The summed E-state index contributed by atoms with van der Waals surface area (Å²) in [5.41, 5.74) is -2.45. The molecule has 0 bridgehead atoms. The predicted molar refractivity (Wildman–Crippen MR) is 130 cm³/mol. The van der Waals surface area contributed by atoms with Gasteiger partial charge in [0, 0.05) is 46.0 Å². The van der Waals surface area contributed by atoms with Crippen molar-refractivity contribution in [3.8, 4) is 6.07 Å². The van der Waals surface area contributed by atoms with Gasteiger partial charge in [0.1, 0.15) is 17.5 Å². The number of nitrogens with one attached hydrogen (secondary N) is 1. The molecule has 0 aromatic carbocycles. The predicted octanol–water partition coefficient (Wildman–Crippen LogP) is 1.40. The first kappa shape index (κ1) is 27.3. The zero-order valence-electron chi connectivity index (χ0n) is 20.8. The van der Waals surface area contributed by atoms with Crippen molar-refractivity contribution < 1.29 is 27.4 Å². The Hall–Kier alpha value is -3.70. The van der Waals surface area contributed by atoms with Crippen molar-refractivity contribution in [1.29, 1.82) is 5.26 Å². The van der Waals surface area contributed by atoms with Crippen LogP contribution in [-0.2, 0) is 20.4 Å². The third-order valence-electron chi connectivity index (χ3n) is 6.74. The Kier molecular flexibility index (Phi) is 8.48. The number of methoxy groups -OCH3 is 1. The van der Waals surface area contributed by atoms with E-state index in [4.69, 9.17) is 14.7 Å². The van der Waals surface area contributed by atoms with Gasteiger partial charge >= 0.3 is 6.18 Å². The van der Waals surface area contributed by atoms with Crippen LogP contribution in [0.25, 0.3) is 0 Å². The number of aromatic nitrogens is 3. The van der Waals surface area contributed by atoms with E-state index in [1.807, 2.05) is 16.1 Å². The number of amides is 1. The summed E-state index contributed by atoms with van der Waals surface area (Å²) in [6.45, 7) is 2.56. The SMILES string of the molecule is CO[C@H]1C[C@@H](COCCC(=O)N2CCN(c3ccc(C#N)cn3)CC2)N(c2cn[nH]c(=O)c2C(F)(F)F)C1. The van der Waals surface area contributed by atoms with Crippen molar-refractivity contribution in [3.63, 3.8) is 0 Å². The zero-order valence-corrected chi connectivity index (χ0v) is 20.8. The van der Waals surface area contributed by atoms with Crippen molar-refractivity contribution in [2.45, 2.75) is 31.2 Å². The number of hydrogen-bond acceptors (Lipinski definition) is 9. The number of alkyl halides is 3. The van der Waals surface area contributed by atoms with E-state index in [1.54, 1.807) is 17.0 Å².